The van der Waals surface area contributed by atoms with Crippen molar-refractivity contribution in [1.82, 2.24) is 4.90 Å². The number of hydrogen-bond acceptors (Lipinski definition) is 4. The topological polar surface area (TPSA) is 42.1 Å². The standard InChI is InChI=1S/C20H29NO3/c1-14-7-6-10-20(2)18(24-20)17-15(9-8-14)16(19(22)23-17)13-21-11-4-3-5-12-21/h7,13,15,17-18H,3-6,8-12H2,1-2H3/b14-7+,16-13-/t15-,17-,18-,20+/m0/s1. The number of rotatable bonds is 1. The number of esters is 1. The molecule has 3 heterocycles. The molecular weight excluding hydrogens is 302 g/mol. The highest BCUT2D eigenvalue weighted by molar-refractivity contribution is 5.91. The highest BCUT2D eigenvalue weighted by Crippen LogP contribution is 2.50. The fourth-order valence-electron chi connectivity index (χ4n) is 4.55. The molecule has 4 nitrogen and oxygen atoms in total. The number of nitrogens with zero attached hydrogens (tertiary/aromatic N) is 1. The van der Waals surface area contributed by atoms with Crippen molar-refractivity contribution in [3.8, 4) is 0 Å². The van der Waals surface area contributed by atoms with Crippen LogP contribution in [-0.4, -0.2) is 41.8 Å². The molecule has 0 radical (unpaired) electrons. The van der Waals surface area contributed by atoms with Gasteiger partial charge >= 0.3 is 5.97 Å². The number of ether oxygens (including phenoxy) is 2. The molecule has 3 aliphatic heterocycles. The lowest BCUT2D eigenvalue weighted by molar-refractivity contribution is -0.140. The smallest absolute Gasteiger partial charge is 0.336 e. The summed E-state index contributed by atoms with van der Waals surface area (Å²) in [6, 6.07) is 0. The van der Waals surface area contributed by atoms with E-state index in [1.165, 1.54) is 24.8 Å². The van der Waals surface area contributed by atoms with Gasteiger partial charge < -0.3 is 14.4 Å². The first kappa shape index (κ1) is 16.2. The van der Waals surface area contributed by atoms with Crippen LogP contribution in [-0.2, 0) is 14.3 Å². The first-order valence-electron chi connectivity index (χ1n) is 9.57. The summed E-state index contributed by atoms with van der Waals surface area (Å²) in [4.78, 5) is 14.9. The molecule has 0 N–H and O–H groups in total. The van der Waals surface area contributed by atoms with E-state index in [0.29, 0.717) is 0 Å². The summed E-state index contributed by atoms with van der Waals surface area (Å²) in [5, 5.41) is 0. The summed E-state index contributed by atoms with van der Waals surface area (Å²) in [5.41, 5.74) is 2.19. The fraction of sp³-hybridized carbons (Fsp3) is 0.750. The molecular formula is C20H29NO3. The maximum absolute atomic E-state index is 12.6. The van der Waals surface area contributed by atoms with Gasteiger partial charge in [0.1, 0.15) is 12.2 Å². The second-order valence-corrected chi connectivity index (χ2v) is 8.14. The Bertz CT molecular complexity index is 575. The minimum absolute atomic E-state index is 0.0745. The average molecular weight is 331 g/mol. The monoisotopic (exact) mass is 331 g/mol. The van der Waals surface area contributed by atoms with Crippen LogP contribution in [0.1, 0.15) is 58.8 Å². The number of epoxide rings is 1. The Labute approximate surface area is 144 Å². The molecule has 0 aromatic heterocycles. The SMILES string of the molecule is C/C1=C\CC[C@@]2(C)O[C@H]2[C@H]2OC(=O)/C(=C\N3CCCCC3)[C@@H]2CC1. The molecule has 0 unspecified atom stereocenters. The van der Waals surface area contributed by atoms with Crippen molar-refractivity contribution < 1.29 is 14.3 Å². The Morgan fingerprint density at radius 3 is 2.88 bits per heavy atom. The summed E-state index contributed by atoms with van der Waals surface area (Å²) in [6.07, 6.45) is 12.3. The Morgan fingerprint density at radius 2 is 2.08 bits per heavy atom. The number of likely N-dealkylation sites (tertiary alicyclic amines) is 1. The first-order valence-corrected chi connectivity index (χ1v) is 9.57. The van der Waals surface area contributed by atoms with E-state index in [2.05, 4.69) is 31.0 Å². The quantitative estimate of drug-likeness (QED) is 0.319. The van der Waals surface area contributed by atoms with Gasteiger partial charge in [-0.2, -0.15) is 0 Å². The highest BCUT2D eigenvalue weighted by Gasteiger charge is 2.61. The maximum atomic E-state index is 12.6. The van der Waals surface area contributed by atoms with Crippen LogP contribution in [0.2, 0.25) is 0 Å². The zero-order chi connectivity index (χ0) is 16.7. The molecule has 1 aliphatic carbocycles. The fourth-order valence-corrected chi connectivity index (χ4v) is 4.55. The second-order valence-electron chi connectivity index (χ2n) is 8.14. The summed E-state index contributed by atoms with van der Waals surface area (Å²) in [7, 11) is 0. The van der Waals surface area contributed by atoms with Crippen LogP contribution in [0.5, 0.6) is 0 Å². The number of piperidine rings is 1. The van der Waals surface area contributed by atoms with Gasteiger partial charge in [0, 0.05) is 25.2 Å². The lowest BCUT2D eigenvalue weighted by atomic mass is 9.83. The molecule has 0 aromatic rings. The molecule has 4 aliphatic rings. The summed E-state index contributed by atoms with van der Waals surface area (Å²) >= 11 is 0. The second kappa shape index (κ2) is 6.21. The maximum Gasteiger partial charge on any atom is 0.336 e. The van der Waals surface area contributed by atoms with Crippen LogP contribution in [0.3, 0.4) is 0 Å². The van der Waals surface area contributed by atoms with Crippen LogP contribution in [0, 0.1) is 5.92 Å². The lowest BCUT2D eigenvalue weighted by Gasteiger charge is -2.26. The minimum Gasteiger partial charge on any atom is -0.455 e. The number of carbonyl (C=O) groups excluding carboxylic acids is 1. The lowest BCUT2D eigenvalue weighted by Crippen LogP contribution is -2.30. The van der Waals surface area contributed by atoms with Gasteiger partial charge in [-0.1, -0.05) is 11.6 Å². The van der Waals surface area contributed by atoms with Crippen LogP contribution in [0.15, 0.2) is 23.4 Å². The summed E-state index contributed by atoms with van der Waals surface area (Å²) in [6.45, 7) is 6.49. The van der Waals surface area contributed by atoms with Crippen molar-refractivity contribution in [2.75, 3.05) is 13.1 Å². The largest absolute Gasteiger partial charge is 0.455 e. The molecule has 3 fully saturated rings. The van der Waals surface area contributed by atoms with E-state index in [1.807, 2.05) is 0 Å². The molecule has 0 spiro atoms. The zero-order valence-corrected chi connectivity index (χ0v) is 14.9. The van der Waals surface area contributed by atoms with Crippen LogP contribution >= 0.6 is 0 Å². The van der Waals surface area contributed by atoms with Crippen molar-refractivity contribution in [2.45, 2.75) is 76.6 Å². The summed E-state index contributed by atoms with van der Waals surface area (Å²) < 4.78 is 11.9. The van der Waals surface area contributed by atoms with Gasteiger partial charge in [0.2, 0.25) is 0 Å². The van der Waals surface area contributed by atoms with E-state index in [0.717, 1.165) is 44.3 Å². The zero-order valence-electron chi connectivity index (χ0n) is 14.9. The molecule has 0 bridgehead atoms. The van der Waals surface area contributed by atoms with E-state index in [4.69, 9.17) is 9.47 Å². The number of hydrogen-bond donors (Lipinski definition) is 0. The molecule has 24 heavy (non-hydrogen) atoms. The Balaban J connectivity index is 1.60. The van der Waals surface area contributed by atoms with Crippen LogP contribution < -0.4 is 0 Å². The van der Waals surface area contributed by atoms with Gasteiger partial charge in [0.15, 0.2) is 0 Å². The van der Waals surface area contributed by atoms with E-state index < -0.39 is 0 Å². The molecule has 132 valence electrons. The Morgan fingerprint density at radius 1 is 1.29 bits per heavy atom. The van der Waals surface area contributed by atoms with Gasteiger partial charge in [-0.25, -0.2) is 4.79 Å². The number of fused-ring (bicyclic) bond motifs is 3. The van der Waals surface area contributed by atoms with Gasteiger partial charge in [-0.3, -0.25) is 0 Å². The van der Waals surface area contributed by atoms with Crippen molar-refractivity contribution >= 4 is 5.97 Å². The predicted octanol–water partition coefficient (Wildman–Crippen LogP) is 3.58. The van der Waals surface area contributed by atoms with E-state index in [9.17, 15) is 4.79 Å². The molecule has 0 amide bonds. The molecule has 4 rings (SSSR count). The first-order chi connectivity index (χ1) is 11.6. The Hall–Kier alpha value is -1.29. The van der Waals surface area contributed by atoms with E-state index in [1.54, 1.807) is 0 Å². The number of allylic oxidation sites excluding steroid dienone is 2. The van der Waals surface area contributed by atoms with Crippen molar-refractivity contribution in [3.05, 3.63) is 23.4 Å². The third kappa shape index (κ3) is 3.01. The third-order valence-electron chi connectivity index (χ3n) is 6.21. The molecule has 4 atom stereocenters. The van der Waals surface area contributed by atoms with E-state index >= 15 is 0 Å². The average Bonchev–Trinajstić information content (AvgIpc) is 3.14. The molecule has 0 saturated carbocycles. The van der Waals surface area contributed by atoms with Gasteiger partial charge in [-0.05, 0) is 58.8 Å². The number of carbonyl (C=O) groups is 1. The van der Waals surface area contributed by atoms with Gasteiger partial charge in [0.25, 0.3) is 0 Å². The summed E-state index contributed by atoms with van der Waals surface area (Å²) in [5.74, 6) is 0.0574. The minimum atomic E-state index is -0.116. The van der Waals surface area contributed by atoms with Gasteiger partial charge in [-0.15, -0.1) is 0 Å². The third-order valence-corrected chi connectivity index (χ3v) is 6.21. The molecule has 0 aromatic carbocycles. The highest BCUT2D eigenvalue weighted by atomic mass is 16.6. The van der Waals surface area contributed by atoms with Crippen LogP contribution in [0.25, 0.3) is 0 Å². The Kier molecular flexibility index (Phi) is 4.19. The van der Waals surface area contributed by atoms with Crippen molar-refractivity contribution in [2.24, 2.45) is 5.92 Å². The normalized spacial score (nSPS) is 43.5. The van der Waals surface area contributed by atoms with E-state index in [-0.39, 0.29) is 29.7 Å². The van der Waals surface area contributed by atoms with Crippen molar-refractivity contribution in [1.29, 1.82) is 0 Å². The predicted molar refractivity (Wildman–Crippen MR) is 92.4 cm³/mol. The van der Waals surface area contributed by atoms with Crippen molar-refractivity contribution in [3.63, 3.8) is 0 Å². The van der Waals surface area contributed by atoms with Crippen LogP contribution in [0.4, 0.5) is 0 Å². The van der Waals surface area contributed by atoms with Gasteiger partial charge in [0.05, 0.1) is 11.2 Å². The molecule has 3 saturated heterocycles. The molecule has 4 heteroatoms.